The van der Waals surface area contributed by atoms with Gasteiger partial charge in [0, 0.05) is 38.8 Å². The van der Waals surface area contributed by atoms with Crippen LogP contribution in [0.3, 0.4) is 0 Å². The van der Waals surface area contributed by atoms with E-state index in [0.717, 1.165) is 31.9 Å². The second kappa shape index (κ2) is 14.7. The lowest BCUT2D eigenvalue weighted by atomic mass is 9.98. The van der Waals surface area contributed by atoms with Gasteiger partial charge in [0.1, 0.15) is 18.4 Å². The molecule has 47 heavy (non-hydrogen) atoms. The highest BCUT2D eigenvalue weighted by Crippen LogP contribution is 2.30. The van der Waals surface area contributed by atoms with Crippen LogP contribution in [0.1, 0.15) is 33.4 Å². The normalized spacial score (nSPS) is 20.6. The van der Waals surface area contributed by atoms with Gasteiger partial charge >= 0.3 is 23.9 Å². The molecule has 0 spiro atoms. The van der Waals surface area contributed by atoms with Gasteiger partial charge in [-0.15, -0.1) is 5.10 Å². The average Bonchev–Trinajstić information content (AvgIpc) is 3.72. The van der Waals surface area contributed by atoms with Crippen molar-refractivity contribution in [3.8, 4) is 28.5 Å². The van der Waals surface area contributed by atoms with Crippen LogP contribution in [0.25, 0.3) is 28.5 Å². The molecule has 1 aliphatic rings. The molecule has 3 heterocycles. The second-order valence-corrected chi connectivity index (χ2v) is 10.4. The number of rotatable bonds is 11. The maximum absolute atomic E-state index is 12.0. The van der Waals surface area contributed by atoms with Crippen molar-refractivity contribution in [3.63, 3.8) is 0 Å². The highest BCUT2D eigenvalue weighted by Gasteiger charge is 2.52. The first kappa shape index (κ1) is 32.9. The second-order valence-electron chi connectivity index (χ2n) is 10.4. The fourth-order valence-corrected chi connectivity index (χ4v) is 4.78. The van der Waals surface area contributed by atoms with E-state index in [1.807, 2.05) is 42.5 Å². The standard InChI is InChI=1S/C31H31N5O11/c1-17(37)41-16-25-26(43-18(2)38)27(44-19(3)39)28(45-20(4)40)31(46-25)42-15-23-14-36(35-33-23)24-12-10-21(11-13-24)29-32-30(47-34-29)22-8-6-5-7-9-22/h5-14,25-28,31H,15-16H2,1-4H3/t25-,26-,27+,28+,31+/m1/s1. The van der Waals surface area contributed by atoms with Crippen LogP contribution in [-0.4, -0.2) is 86.3 Å². The number of esters is 4. The minimum Gasteiger partial charge on any atom is -0.463 e. The summed E-state index contributed by atoms with van der Waals surface area (Å²) in [6.07, 6.45) is -4.87. The molecule has 0 N–H and O–H groups in total. The lowest BCUT2D eigenvalue weighted by molar-refractivity contribution is -0.310. The highest BCUT2D eigenvalue weighted by atomic mass is 16.7. The van der Waals surface area contributed by atoms with Gasteiger partial charge in [-0.25, -0.2) is 4.68 Å². The van der Waals surface area contributed by atoms with Gasteiger partial charge < -0.3 is 32.9 Å². The first-order chi connectivity index (χ1) is 22.6. The Morgan fingerprint density at radius 3 is 2.11 bits per heavy atom. The summed E-state index contributed by atoms with van der Waals surface area (Å²) in [7, 11) is 0. The summed E-state index contributed by atoms with van der Waals surface area (Å²) in [5.41, 5.74) is 2.58. The van der Waals surface area contributed by atoms with Crippen molar-refractivity contribution in [2.24, 2.45) is 0 Å². The number of hydrogen-bond donors (Lipinski definition) is 0. The van der Waals surface area contributed by atoms with Gasteiger partial charge in [-0.3, -0.25) is 19.2 Å². The predicted octanol–water partition coefficient (Wildman–Crippen LogP) is 2.58. The molecule has 16 heteroatoms. The third kappa shape index (κ3) is 8.42. The Balaban J connectivity index is 1.30. The summed E-state index contributed by atoms with van der Waals surface area (Å²) < 4.78 is 40.1. The molecule has 2 aromatic carbocycles. The highest BCUT2D eigenvalue weighted by molar-refractivity contribution is 5.69. The smallest absolute Gasteiger partial charge is 0.303 e. The minimum atomic E-state index is -1.36. The maximum atomic E-state index is 12.0. The van der Waals surface area contributed by atoms with Crippen LogP contribution in [0.2, 0.25) is 0 Å². The summed E-state index contributed by atoms with van der Waals surface area (Å²) >= 11 is 0. The number of carbonyl (C=O) groups excluding carboxylic acids is 4. The molecule has 0 amide bonds. The van der Waals surface area contributed by atoms with Crippen molar-refractivity contribution < 1.29 is 52.1 Å². The van der Waals surface area contributed by atoms with Crippen molar-refractivity contribution >= 4 is 23.9 Å². The maximum Gasteiger partial charge on any atom is 0.303 e. The molecule has 4 aromatic rings. The van der Waals surface area contributed by atoms with Crippen LogP contribution in [0.15, 0.2) is 65.3 Å². The van der Waals surface area contributed by atoms with E-state index in [2.05, 4.69) is 20.5 Å². The Morgan fingerprint density at radius 2 is 1.45 bits per heavy atom. The summed E-state index contributed by atoms with van der Waals surface area (Å²) in [4.78, 5) is 52.0. The van der Waals surface area contributed by atoms with E-state index in [0.29, 0.717) is 23.1 Å². The van der Waals surface area contributed by atoms with E-state index in [4.69, 9.17) is 32.9 Å². The molecule has 2 aromatic heterocycles. The molecule has 5 atom stereocenters. The van der Waals surface area contributed by atoms with Gasteiger partial charge in [0.2, 0.25) is 5.82 Å². The van der Waals surface area contributed by atoms with Gasteiger partial charge in [-0.2, -0.15) is 4.98 Å². The summed E-state index contributed by atoms with van der Waals surface area (Å²) in [5, 5.41) is 12.4. The molecule has 1 saturated heterocycles. The van der Waals surface area contributed by atoms with Crippen LogP contribution in [0.4, 0.5) is 0 Å². The number of nitrogens with zero attached hydrogens (tertiary/aromatic N) is 5. The van der Waals surface area contributed by atoms with Crippen LogP contribution < -0.4 is 0 Å². The molecule has 0 radical (unpaired) electrons. The molecule has 0 bridgehead atoms. The number of hydrogen-bond acceptors (Lipinski definition) is 15. The van der Waals surface area contributed by atoms with Crippen molar-refractivity contribution in [2.45, 2.75) is 65.0 Å². The first-order valence-corrected chi connectivity index (χ1v) is 14.4. The molecule has 5 rings (SSSR count). The van der Waals surface area contributed by atoms with Crippen molar-refractivity contribution in [1.82, 2.24) is 25.1 Å². The third-order valence-electron chi connectivity index (χ3n) is 6.72. The molecule has 16 nitrogen and oxygen atoms in total. The van der Waals surface area contributed by atoms with Crippen LogP contribution in [0, 0.1) is 0 Å². The van der Waals surface area contributed by atoms with E-state index in [1.54, 1.807) is 18.3 Å². The van der Waals surface area contributed by atoms with E-state index in [9.17, 15) is 19.2 Å². The number of ether oxygens (including phenoxy) is 6. The third-order valence-corrected chi connectivity index (χ3v) is 6.72. The van der Waals surface area contributed by atoms with E-state index < -0.39 is 54.6 Å². The van der Waals surface area contributed by atoms with Crippen molar-refractivity contribution in [1.29, 1.82) is 0 Å². The zero-order chi connectivity index (χ0) is 33.5. The Kier molecular flexibility index (Phi) is 10.3. The lowest BCUT2D eigenvalue weighted by Gasteiger charge is -2.43. The predicted molar refractivity (Wildman–Crippen MR) is 157 cm³/mol. The summed E-state index contributed by atoms with van der Waals surface area (Å²) in [6, 6.07) is 16.6. The largest absolute Gasteiger partial charge is 0.463 e. The van der Waals surface area contributed by atoms with Gasteiger partial charge in [-0.1, -0.05) is 28.6 Å². The summed E-state index contributed by atoms with van der Waals surface area (Å²) in [5.74, 6) is -2.02. The van der Waals surface area contributed by atoms with Gasteiger partial charge in [0.05, 0.1) is 18.5 Å². The topological polar surface area (TPSA) is 193 Å². The van der Waals surface area contributed by atoms with Gasteiger partial charge in [0.25, 0.3) is 5.89 Å². The summed E-state index contributed by atoms with van der Waals surface area (Å²) in [6.45, 7) is 4.05. The fraction of sp³-hybridized carbons (Fsp3) is 0.355. The minimum absolute atomic E-state index is 0.184. The molecular weight excluding hydrogens is 618 g/mol. The van der Waals surface area contributed by atoms with Crippen molar-refractivity contribution in [3.05, 3.63) is 66.5 Å². The number of carbonyl (C=O) groups is 4. The molecule has 246 valence electrons. The fourth-order valence-electron chi connectivity index (χ4n) is 4.78. The SMILES string of the molecule is CC(=O)OC[C@H]1O[C@H](OCc2cn(-c3ccc(-c4noc(-c5ccccc5)n4)cc3)nn2)[C@@H](OC(C)=O)[C@@H](OC(C)=O)[C@@H]1OC(C)=O. The van der Waals surface area contributed by atoms with E-state index in [-0.39, 0.29) is 13.2 Å². The Bertz CT molecular complexity index is 1710. The molecule has 0 aliphatic carbocycles. The Morgan fingerprint density at radius 1 is 0.787 bits per heavy atom. The van der Waals surface area contributed by atoms with E-state index in [1.165, 1.54) is 11.6 Å². The lowest BCUT2D eigenvalue weighted by Crippen LogP contribution is -2.62. The monoisotopic (exact) mass is 649 g/mol. The Labute approximate surface area is 267 Å². The average molecular weight is 650 g/mol. The van der Waals surface area contributed by atoms with Gasteiger partial charge in [0.15, 0.2) is 24.6 Å². The number of benzene rings is 2. The molecule has 0 unspecified atom stereocenters. The van der Waals surface area contributed by atoms with Crippen LogP contribution in [0.5, 0.6) is 0 Å². The zero-order valence-corrected chi connectivity index (χ0v) is 25.8. The molecule has 1 fully saturated rings. The first-order valence-electron chi connectivity index (χ1n) is 14.4. The van der Waals surface area contributed by atoms with E-state index >= 15 is 0 Å². The molecule has 1 aliphatic heterocycles. The molecular formula is C31H31N5O11. The Hall–Kier alpha value is -5.48. The quantitative estimate of drug-likeness (QED) is 0.170. The van der Waals surface area contributed by atoms with Gasteiger partial charge in [-0.05, 0) is 36.4 Å². The molecule has 0 saturated carbocycles. The van der Waals surface area contributed by atoms with Crippen molar-refractivity contribution in [2.75, 3.05) is 6.61 Å². The van der Waals surface area contributed by atoms with Crippen LogP contribution in [-0.2, 0) is 54.2 Å². The van der Waals surface area contributed by atoms with Crippen LogP contribution >= 0.6 is 0 Å². The number of aromatic nitrogens is 5. The zero-order valence-electron chi connectivity index (χ0n) is 25.8.